The molecule has 1 aromatic heterocycles. The van der Waals surface area contributed by atoms with Crippen LogP contribution in [0.2, 0.25) is 0 Å². The summed E-state index contributed by atoms with van der Waals surface area (Å²) in [4.78, 5) is 12.0. The van der Waals surface area contributed by atoms with Gasteiger partial charge in [-0.3, -0.25) is 4.90 Å². The van der Waals surface area contributed by atoms with Crippen LogP contribution in [0, 0.1) is 0 Å². The van der Waals surface area contributed by atoms with Crippen molar-refractivity contribution >= 4 is 22.7 Å². The van der Waals surface area contributed by atoms with Crippen LogP contribution in [0.5, 0.6) is 11.5 Å². The normalized spacial score (nSPS) is 14.8. The number of aromatic nitrogens is 2. The summed E-state index contributed by atoms with van der Waals surface area (Å²) in [5, 5.41) is 2.10. The number of para-hydroxylation sites is 1. The molecular formula is C22H25N3O3S. The lowest BCUT2D eigenvalue weighted by Gasteiger charge is -2.25. The zero-order valence-corrected chi connectivity index (χ0v) is 17.4. The maximum atomic E-state index is 5.85. The standard InChI is InChI=1S/C22H25N3O3S/c1-26-17-6-8-18(9-7-17)28-14-15-29-22-19-4-2-3-5-20(19)23-21(24-22)16-25-10-12-27-13-11-25/h2-9H,10-16H2,1H3. The predicted octanol–water partition coefficient (Wildman–Crippen LogP) is 3.64. The van der Waals surface area contributed by atoms with Gasteiger partial charge in [0.15, 0.2) is 0 Å². The van der Waals surface area contributed by atoms with Gasteiger partial charge in [-0.05, 0) is 30.3 Å². The Morgan fingerprint density at radius 3 is 2.55 bits per heavy atom. The van der Waals surface area contributed by atoms with Crippen molar-refractivity contribution in [1.82, 2.24) is 14.9 Å². The van der Waals surface area contributed by atoms with E-state index in [-0.39, 0.29) is 0 Å². The van der Waals surface area contributed by atoms with Crippen LogP contribution in [0.1, 0.15) is 5.82 Å². The van der Waals surface area contributed by atoms with Gasteiger partial charge < -0.3 is 14.2 Å². The summed E-state index contributed by atoms with van der Waals surface area (Å²) < 4.78 is 16.5. The molecule has 7 heteroatoms. The van der Waals surface area contributed by atoms with Gasteiger partial charge in [0.05, 0.1) is 39.0 Å². The molecule has 0 unspecified atom stereocenters. The largest absolute Gasteiger partial charge is 0.497 e. The monoisotopic (exact) mass is 411 g/mol. The van der Waals surface area contributed by atoms with E-state index in [9.17, 15) is 0 Å². The van der Waals surface area contributed by atoms with Crippen LogP contribution in [0.15, 0.2) is 53.6 Å². The molecule has 1 aliphatic rings. The Labute approximate surface area is 175 Å². The van der Waals surface area contributed by atoms with Crippen molar-refractivity contribution in [3.8, 4) is 11.5 Å². The van der Waals surface area contributed by atoms with E-state index >= 15 is 0 Å². The van der Waals surface area contributed by atoms with Gasteiger partial charge in [0.25, 0.3) is 0 Å². The molecule has 2 heterocycles. The molecule has 0 aliphatic carbocycles. The Morgan fingerprint density at radius 2 is 1.76 bits per heavy atom. The number of thioether (sulfide) groups is 1. The summed E-state index contributed by atoms with van der Waals surface area (Å²) in [6.07, 6.45) is 0. The van der Waals surface area contributed by atoms with Crippen molar-refractivity contribution < 1.29 is 14.2 Å². The third-order valence-electron chi connectivity index (χ3n) is 4.73. The molecule has 0 saturated carbocycles. The number of benzene rings is 2. The molecule has 2 aromatic carbocycles. The van der Waals surface area contributed by atoms with Crippen molar-refractivity contribution in [2.45, 2.75) is 11.6 Å². The number of nitrogens with zero attached hydrogens (tertiary/aromatic N) is 3. The molecule has 152 valence electrons. The third-order valence-corrected chi connectivity index (χ3v) is 5.69. The topological polar surface area (TPSA) is 56.7 Å². The number of ether oxygens (including phenoxy) is 3. The van der Waals surface area contributed by atoms with E-state index in [0.717, 1.165) is 71.9 Å². The molecule has 4 rings (SSSR count). The number of methoxy groups -OCH3 is 1. The maximum Gasteiger partial charge on any atom is 0.144 e. The Kier molecular flexibility index (Phi) is 6.82. The quantitative estimate of drug-likeness (QED) is 0.319. The van der Waals surface area contributed by atoms with E-state index in [0.29, 0.717) is 6.61 Å². The van der Waals surface area contributed by atoms with E-state index < -0.39 is 0 Å². The van der Waals surface area contributed by atoms with Gasteiger partial charge in [-0.25, -0.2) is 9.97 Å². The van der Waals surface area contributed by atoms with Crippen LogP contribution < -0.4 is 9.47 Å². The summed E-state index contributed by atoms with van der Waals surface area (Å²) in [5.74, 6) is 3.34. The molecule has 1 saturated heterocycles. The molecule has 0 atom stereocenters. The summed E-state index contributed by atoms with van der Waals surface area (Å²) in [5.41, 5.74) is 0.990. The highest BCUT2D eigenvalue weighted by atomic mass is 32.2. The lowest BCUT2D eigenvalue weighted by Crippen LogP contribution is -2.36. The lowest BCUT2D eigenvalue weighted by atomic mass is 10.2. The van der Waals surface area contributed by atoms with E-state index in [1.165, 1.54) is 0 Å². The first-order chi connectivity index (χ1) is 14.3. The van der Waals surface area contributed by atoms with Crippen LogP contribution in [0.4, 0.5) is 0 Å². The molecule has 1 fully saturated rings. The lowest BCUT2D eigenvalue weighted by molar-refractivity contribution is 0.0330. The van der Waals surface area contributed by atoms with Crippen molar-refractivity contribution in [2.24, 2.45) is 0 Å². The molecule has 0 N–H and O–H groups in total. The van der Waals surface area contributed by atoms with Crippen LogP contribution in [-0.4, -0.2) is 60.6 Å². The fourth-order valence-corrected chi connectivity index (χ4v) is 4.06. The van der Waals surface area contributed by atoms with Crippen LogP contribution >= 0.6 is 11.8 Å². The summed E-state index contributed by atoms with van der Waals surface area (Å²) in [6.45, 7) is 4.76. The van der Waals surface area contributed by atoms with Crippen molar-refractivity contribution in [1.29, 1.82) is 0 Å². The highest BCUT2D eigenvalue weighted by molar-refractivity contribution is 7.99. The first-order valence-electron chi connectivity index (χ1n) is 9.77. The molecule has 0 radical (unpaired) electrons. The minimum Gasteiger partial charge on any atom is -0.497 e. The first-order valence-corrected chi connectivity index (χ1v) is 10.8. The number of hydrogen-bond acceptors (Lipinski definition) is 7. The van der Waals surface area contributed by atoms with Gasteiger partial charge in [-0.2, -0.15) is 0 Å². The zero-order chi connectivity index (χ0) is 19.9. The van der Waals surface area contributed by atoms with Crippen molar-refractivity contribution in [3.63, 3.8) is 0 Å². The SMILES string of the molecule is COc1ccc(OCCSc2nc(CN3CCOCC3)nc3ccccc23)cc1. The molecule has 0 spiro atoms. The average Bonchev–Trinajstić information content (AvgIpc) is 2.78. The maximum absolute atomic E-state index is 5.85. The number of hydrogen-bond donors (Lipinski definition) is 0. The fraction of sp³-hybridized carbons (Fsp3) is 0.364. The zero-order valence-electron chi connectivity index (χ0n) is 16.5. The molecule has 6 nitrogen and oxygen atoms in total. The van der Waals surface area contributed by atoms with E-state index in [1.807, 2.05) is 36.4 Å². The highest BCUT2D eigenvalue weighted by Gasteiger charge is 2.14. The molecule has 0 amide bonds. The van der Waals surface area contributed by atoms with Gasteiger partial charge >= 0.3 is 0 Å². The van der Waals surface area contributed by atoms with E-state index in [1.54, 1.807) is 18.9 Å². The van der Waals surface area contributed by atoms with Crippen molar-refractivity contribution in [3.05, 3.63) is 54.4 Å². The third kappa shape index (κ3) is 5.38. The van der Waals surface area contributed by atoms with Gasteiger partial charge in [-0.1, -0.05) is 18.2 Å². The Hall–Kier alpha value is -2.35. The second kappa shape index (κ2) is 9.91. The fourth-order valence-electron chi connectivity index (χ4n) is 3.20. The summed E-state index contributed by atoms with van der Waals surface area (Å²) >= 11 is 1.71. The van der Waals surface area contributed by atoms with Crippen LogP contribution in [0.3, 0.4) is 0 Å². The van der Waals surface area contributed by atoms with Crippen LogP contribution in [-0.2, 0) is 11.3 Å². The number of fused-ring (bicyclic) bond motifs is 1. The Bertz CT molecular complexity index is 930. The average molecular weight is 412 g/mol. The van der Waals surface area contributed by atoms with Crippen LogP contribution in [0.25, 0.3) is 10.9 Å². The Balaban J connectivity index is 1.40. The van der Waals surface area contributed by atoms with Gasteiger partial charge in [0.2, 0.25) is 0 Å². The molecule has 29 heavy (non-hydrogen) atoms. The molecular weight excluding hydrogens is 386 g/mol. The summed E-state index contributed by atoms with van der Waals surface area (Å²) in [6, 6.07) is 15.8. The second-order valence-corrected chi connectivity index (χ2v) is 7.81. The van der Waals surface area contributed by atoms with E-state index in [4.69, 9.17) is 24.2 Å². The first kappa shape index (κ1) is 19.9. The van der Waals surface area contributed by atoms with Gasteiger partial charge in [0.1, 0.15) is 22.3 Å². The minimum absolute atomic E-state index is 0.605. The molecule has 1 aliphatic heterocycles. The second-order valence-electron chi connectivity index (χ2n) is 6.72. The highest BCUT2D eigenvalue weighted by Crippen LogP contribution is 2.26. The number of morpholine rings is 1. The Morgan fingerprint density at radius 1 is 1.00 bits per heavy atom. The summed E-state index contributed by atoms with van der Waals surface area (Å²) in [7, 11) is 1.66. The predicted molar refractivity (Wildman–Crippen MR) is 115 cm³/mol. The van der Waals surface area contributed by atoms with Gasteiger partial charge in [0, 0.05) is 24.2 Å². The van der Waals surface area contributed by atoms with E-state index in [2.05, 4.69) is 17.0 Å². The minimum atomic E-state index is 0.605. The number of rotatable bonds is 8. The molecule has 0 bridgehead atoms. The molecule has 3 aromatic rings. The van der Waals surface area contributed by atoms with Crippen molar-refractivity contribution in [2.75, 3.05) is 45.8 Å². The smallest absolute Gasteiger partial charge is 0.144 e. The van der Waals surface area contributed by atoms with Gasteiger partial charge in [-0.15, -0.1) is 11.8 Å².